The van der Waals surface area contributed by atoms with E-state index in [-0.39, 0.29) is 17.9 Å². The molecule has 1 saturated carbocycles. The van der Waals surface area contributed by atoms with Crippen molar-refractivity contribution in [1.82, 2.24) is 10.2 Å². The second kappa shape index (κ2) is 9.63. The van der Waals surface area contributed by atoms with Gasteiger partial charge in [0.15, 0.2) is 0 Å². The molecule has 2 aliphatic rings. The maximum atomic E-state index is 12.3. The highest BCUT2D eigenvalue weighted by Gasteiger charge is 2.32. The van der Waals surface area contributed by atoms with E-state index >= 15 is 0 Å². The van der Waals surface area contributed by atoms with Gasteiger partial charge in [0.25, 0.3) is 0 Å². The number of aliphatic hydroxyl groups is 1. The van der Waals surface area contributed by atoms with Crippen molar-refractivity contribution in [3.63, 3.8) is 0 Å². The lowest BCUT2D eigenvalue weighted by atomic mass is 9.86. The van der Waals surface area contributed by atoms with Gasteiger partial charge in [-0.1, -0.05) is 33.1 Å². The van der Waals surface area contributed by atoms with Crippen LogP contribution in [-0.4, -0.2) is 47.7 Å². The van der Waals surface area contributed by atoms with Gasteiger partial charge in [0.1, 0.15) is 0 Å². The Morgan fingerprint density at radius 2 is 1.96 bits per heavy atom. The third-order valence-electron chi connectivity index (χ3n) is 5.68. The summed E-state index contributed by atoms with van der Waals surface area (Å²) in [6.07, 6.45) is 9.84. The van der Waals surface area contributed by atoms with Crippen LogP contribution >= 0.6 is 0 Å². The van der Waals surface area contributed by atoms with Gasteiger partial charge >= 0.3 is 0 Å². The first kappa shape index (κ1) is 18.7. The van der Waals surface area contributed by atoms with E-state index in [4.69, 9.17) is 0 Å². The molecule has 3 unspecified atom stereocenters. The second-order valence-electron chi connectivity index (χ2n) is 7.63. The van der Waals surface area contributed by atoms with Crippen LogP contribution in [0.1, 0.15) is 71.6 Å². The molecule has 23 heavy (non-hydrogen) atoms. The summed E-state index contributed by atoms with van der Waals surface area (Å²) in [5, 5.41) is 14.0. The maximum absolute atomic E-state index is 12.3. The average molecular weight is 325 g/mol. The van der Waals surface area contributed by atoms with Crippen molar-refractivity contribution in [2.45, 2.75) is 83.8 Å². The summed E-state index contributed by atoms with van der Waals surface area (Å²) in [6.45, 7) is 6.71. The highest BCUT2D eigenvalue weighted by atomic mass is 16.3. The minimum atomic E-state index is -0.286. The normalized spacial score (nSPS) is 27.9. The molecule has 1 heterocycles. The molecule has 0 bridgehead atoms. The van der Waals surface area contributed by atoms with Crippen LogP contribution in [0.4, 0.5) is 0 Å². The fraction of sp³-hybridized carbons (Fsp3) is 0.947. The second-order valence-corrected chi connectivity index (χ2v) is 7.63. The molecule has 0 aromatic heterocycles. The monoisotopic (exact) mass is 324 g/mol. The summed E-state index contributed by atoms with van der Waals surface area (Å²) in [7, 11) is 0. The Hall–Kier alpha value is -0.610. The summed E-state index contributed by atoms with van der Waals surface area (Å²) in [5.74, 6) is 1.28. The minimum Gasteiger partial charge on any atom is -0.393 e. The van der Waals surface area contributed by atoms with Crippen molar-refractivity contribution in [2.75, 3.05) is 19.6 Å². The van der Waals surface area contributed by atoms with Crippen LogP contribution < -0.4 is 5.32 Å². The number of carbonyl (C=O) groups excluding carboxylic acids is 1. The highest BCUT2D eigenvalue weighted by Crippen LogP contribution is 2.25. The van der Waals surface area contributed by atoms with E-state index in [2.05, 4.69) is 12.2 Å². The lowest BCUT2D eigenvalue weighted by molar-refractivity contribution is -0.134. The lowest BCUT2D eigenvalue weighted by Crippen LogP contribution is -2.54. The molecule has 1 aliphatic heterocycles. The number of nitrogens with one attached hydrogen (secondary N) is 1. The fourth-order valence-electron chi connectivity index (χ4n) is 4.20. The zero-order valence-corrected chi connectivity index (χ0v) is 15.1. The largest absolute Gasteiger partial charge is 0.393 e. The number of carbonyl (C=O) groups is 1. The summed E-state index contributed by atoms with van der Waals surface area (Å²) in [5.41, 5.74) is 0. The predicted molar refractivity (Wildman–Crippen MR) is 94.3 cm³/mol. The predicted octanol–water partition coefficient (Wildman–Crippen LogP) is 2.94. The number of rotatable bonds is 7. The number of nitrogens with zero attached hydrogens (tertiary/aromatic N) is 1. The number of hydrogen-bond acceptors (Lipinski definition) is 3. The van der Waals surface area contributed by atoms with E-state index in [1.807, 2.05) is 11.8 Å². The summed E-state index contributed by atoms with van der Waals surface area (Å²) < 4.78 is 0. The summed E-state index contributed by atoms with van der Waals surface area (Å²) >= 11 is 0. The SMILES string of the molecule is CCCC(=O)N1CC(NCC2CCCCC2)CC(C(O)CC)C1. The number of amides is 1. The third kappa shape index (κ3) is 5.75. The van der Waals surface area contributed by atoms with Gasteiger partial charge in [0.2, 0.25) is 5.91 Å². The lowest BCUT2D eigenvalue weighted by Gasteiger charge is -2.40. The van der Waals surface area contributed by atoms with Crippen molar-refractivity contribution >= 4 is 5.91 Å². The van der Waals surface area contributed by atoms with Crippen molar-refractivity contribution in [2.24, 2.45) is 11.8 Å². The Balaban J connectivity index is 1.89. The molecule has 4 heteroatoms. The van der Waals surface area contributed by atoms with Crippen molar-refractivity contribution < 1.29 is 9.90 Å². The first-order valence-electron chi connectivity index (χ1n) is 9.83. The van der Waals surface area contributed by atoms with Crippen LogP contribution in [0.3, 0.4) is 0 Å². The van der Waals surface area contributed by atoms with E-state index < -0.39 is 0 Å². The average Bonchev–Trinajstić information content (AvgIpc) is 2.60. The zero-order valence-electron chi connectivity index (χ0n) is 15.1. The van der Waals surface area contributed by atoms with Crippen LogP contribution in [0.5, 0.6) is 0 Å². The molecule has 0 radical (unpaired) electrons. The molecule has 3 atom stereocenters. The molecule has 1 amide bonds. The fourth-order valence-corrected chi connectivity index (χ4v) is 4.20. The van der Waals surface area contributed by atoms with Gasteiger partial charge in [0.05, 0.1) is 6.10 Å². The van der Waals surface area contributed by atoms with Gasteiger partial charge in [-0.15, -0.1) is 0 Å². The van der Waals surface area contributed by atoms with Crippen molar-refractivity contribution in [3.8, 4) is 0 Å². The van der Waals surface area contributed by atoms with Gasteiger partial charge in [-0.25, -0.2) is 0 Å². The molecule has 1 aliphatic carbocycles. The van der Waals surface area contributed by atoms with E-state index in [0.717, 1.165) is 44.8 Å². The van der Waals surface area contributed by atoms with E-state index in [1.165, 1.54) is 32.1 Å². The number of likely N-dealkylation sites (tertiary alicyclic amines) is 1. The maximum Gasteiger partial charge on any atom is 0.222 e. The van der Waals surface area contributed by atoms with Gasteiger partial charge in [0, 0.05) is 31.5 Å². The Bertz CT molecular complexity index is 355. The molecule has 4 nitrogen and oxygen atoms in total. The van der Waals surface area contributed by atoms with Gasteiger partial charge in [-0.2, -0.15) is 0 Å². The Morgan fingerprint density at radius 1 is 1.22 bits per heavy atom. The van der Waals surface area contributed by atoms with Crippen LogP contribution in [0.15, 0.2) is 0 Å². The Labute approximate surface area is 142 Å². The standard InChI is InChI=1S/C19H36N2O2/c1-3-8-19(23)21-13-16(18(22)4-2)11-17(14-21)20-12-15-9-6-5-7-10-15/h15-18,20,22H,3-14H2,1-2H3. The molecule has 2 N–H and O–H groups in total. The van der Waals surface area contributed by atoms with Gasteiger partial charge in [-0.05, 0) is 44.6 Å². The first-order valence-corrected chi connectivity index (χ1v) is 9.83. The highest BCUT2D eigenvalue weighted by molar-refractivity contribution is 5.76. The minimum absolute atomic E-state index is 0.221. The summed E-state index contributed by atoms with van der Waals surface area (Å²) in [6, 6.07) is 0.345. The zero-order chi connectivity index (χ0) is 16.7. The molecular weight excluding hydrogens is 288 g/mol. The molecule has 1 saturated heterocycles. The first-order chi connectivity index (χ1) is 11.1. The van der Waals surface area contributed by atoms with Crippen LogP contribution in [-0.2, 0) is 4.79 Å². The van der Waals surface area contributed by atoms with Crippen molar-refractivity contribution in [3.05, 3.63) is 0 Å². The topological polar surface area (TPSA) is 52.6 Å². The molecule has 0 aromatic carbocycles. The Kier molecular flexibility index (Phi) is 7.84. The van der Waals surface area contributed by atoms with E-state index in [0.29, 0.717) is 12.5 Å². The number of piperidine rings is 1. The van der Waals surface area contributed by atoms with Crippen molar-refractivity contribution in [1.29, 1.82) is 0 Å². The number of hydrogen-bond donors (Lipinski definition) is 2. The molecule has 134 valence electrons. The molecule has 0 spiro atoms. The number of aliphatic hydroxyl groups excluding tert-OH is 1. The molecule has 2 rings (SSSR count). The molecular formula is C19H36N2O2. The summed E-state index contributed by atoms with van der Waals surface area (Å²) in [4.78, 5) is 14.3. The van der Waals surface area contributed by atoms with Crippen LogP contribution in [0.2, 0.25) is 0 Å². The van der Waals surface area contributed by atoms with E-state index in [1.54, 1.807) is 0 Å². The van der Waals surface area contributed by atoms with Gasteiger partial charge in [-0.3, -0.25) is 4.79 Å². The third-order valence-corrected chi connectivity index (χ3v) is 5.68. The Morgan fingerprint density at radius 3 is 2.61 bits per heavy atom. The molecule has 2 fully saturated rings. The quantitative estimate of drug-likeness (QED) is 0.757. The van der Waals surface area contributed by atoms with Gasteiger partial charge < -0.3 is 15.3 Å². The van der Waals surface area contributed by atoms with Crippen LogP contribution in [0, 0.1) is 11.8 Å². The smallest absolute Gasteiger partial charge is 0.222 e. The van der Waals surface area contributed by atoms with Crippen LogP contribution in [0.25, 0.3) is 0 Å². The molecule has 0 aromatic rings. The van der Waals surface area contributed by atoms with E-state index in [9.17, 15) is 9.90 Å².